The number of rotatable bonds is 6. The number of carbonyl (C=O) groups is 2. The Kier molecular flexibility index (Phi) is 6.07. The second kappa shape index (κ2) is 9.33. The molecule has 0 aliphatic carbocycles. The van der Waals surface area contributed by atoms with Crippen LogP contribution < -0.4 is 15.0 Å². The van der Waals surface area contributed by atoms with Crippen LogP contribution in [0.1, 0.15) is 23.4 Å². The van der Waals surface area contributed by atoms with E-state index >= 15 is 0 Å². The summed E-state index contributed by atoms with van der Waals surface area (Å²) in [5, 5.41) is 18.9. The highest BCUT2D eigenvalue weighted by atomic mass is 19.3. The monoisotopic (exact) mass is 484 g/mol. The normalized spacial score (nSPS) is 18.5. The number of carbonyl (C=O) groups excluding carboxylic acids is 2. The Bertz CT molecular complexity index is 1230. The molecule has 4 heterocycles. The minimum absolute atomic E-state index is 0.0715. The van der Waals surface area contributed by atoms with Crippen molar-refractivity contribution >= 4 is 17.6 Å². The molecule has 0 spiro atoms. The lowest BCUT2D eigenvalue weighted by molar-refractivity contribution is -0.140. The van der Waals surface area contributed by atoms with Crippen molar-refractivity contribution in [3.8, 4) is 11.6 Å². The zero-order valence-corrected chi connectivity index (χ0v) is 18.8. The highest BCUT2D eigenvalue weighted by Gasteiger charge is 2.38. The minimum atomic E-state index is -2.54. The number of hydrogen-bond acceptors (Lipinski definition) is 9. The maximum absolute atomic E-state index is 12.8. The van der Waals surface area contributed by atoms with Gasteiger partial charge < -0.3 is 9.64 Å². The van der Waals surface area contributed by atoms with Gasteiger partial charge in [-0.25, -0.2) is 13.5 Å². The molecular formula is C22H22F2N8O3. The second-order valence-corrected chi connectivity index (χ2v) is 8.29. The topological polar surface area (TPSA) is 118 Å². The van der Waals surface area contributed by atoms with Gasteiger partial charge in [-0.3, -0.25) is 19.8 Å². The molecule has 2 amide bonds. The lowest BCUT2D eigenvalue weighted by Crippen LogP contribution is -2.65. The molecule has 2 aromatic heterocycles. The number of anilines is 1. The highest BCUT2D eigenvalue weighted by Crippen LogP contribution is 2.23. The molecular weight excluding hydrogens is 462 g/mol. The molecule has 1 atom stereocenters. The first kappa shape index (κ1) is 22.8. The smallest absolute Gasteiger partial charge is 0.263 e. The number of hydrogen-bond donors (Lipinski definition) is 1. The van der Waals surface area contributed by atoms with E-state index in [4.69, 9.17) is 4.74 Å². The van der Waals surface area contributed by atoms with Gasteiger partial charge in [0.15, 0.2) is 5.82 Å². The Morgan fingerprint density at radius 2 is 1.89 bits per heavy atom. The van der Waals surface area contributed by atoms with E-state index < -0.39 is 12.5 Å². The summed E-state index contributed by atoms with van der Waals surface area (Å²) < 4.78 is 33.0. The van der Waals surface area contributed by atoms with Gasteiger partial charge in [0.2, 0.25) is 17.7 Å². The van der Waals surface area contributed by atoms with Gasteiger partial charge in [-0.2, -0.15) is 0 Å². The summed E-state index contributed by atoms with van der Waals surface area (Å²) in [7, 11) is 0. The number of ether oxygens (including phenoxy) is 1. The zero-order chi connectivity index (χ0) is 24.5. The van der Waals surface area contributed by atoms with Crippen LogP contribution in [0.5, 0.6) is 5.88 Å². The molecule has 2 aliphatic heterocycles. The molecule has 0 radical (unpaired) electrons. The Hall–Kier alpha value is -4.00. The van der Waals surface area contributed by atoms with Gasteiger partial charge in [0.25, 0.3) is 6.43 Å². The van der Waals surface area contributed by atoms with Crippen LogP contribution >= 0.6 is 0 Å². The second-order valence-electron chi connectivity index (χ2n) is 8.29. The van der Waals surface area contributed by atoms with Gasteiger partial charge >= 0.3 is 0 Å². The van der Waals surface area contributed by atoms with Crippen LogP contribution in [0, 0.1) is 6.92 Å². The first-order valence-electron chi connectivity index (χ1n) is 11.0. The fourth-order valence-electron chi connectivity index (χ4n) is 4.12. The number of aromatic nitrogens is 5. The quantitative estimate of drug-likeness (QED) is 0.512. The number of benzene rings is 1. The molecule has 0 saturated carbocycles. The Balaban J connectivity index is 1.24. The summed E-state index contributed by atoms with van der Waals surface area (Å²) in [4.78, 5) is 27.5. The molecule has 0 bridgehead atoms. The summed E-state index contributed by atoms with van der Waals surface area (Å²) in [6.07, 6.45) is -2.54. The average Bonchev–Trinajstić information content (AvgIpc) is 3.23. The van der Waals surface area contributed by atoms with Gasteiger partial charge in [0.1, 0.15) is 18.3 Å². The molecule has 1 aromatic carbocycles. The van der Waals surface area contributed by atoms with Gasteiger partial charge in [-0.15, -0.1) is 15.3 Å². The third kappa shape index (κ3) is 4.67. The Morgan fingerprint density at radius 3 is 2.60 bits per heavy atom. The molecule has 5 rings (SSSR count). The molecule has 11 nitrogen and oxygen atoms in total. The number of imide groups is 1. The summed E-state index contributed by atoms with van der Waals surface area (Å²) in [6.45, 7) is 3.67. The average molecular weight is 484 g/mol. The zero-order valence-electron chi connectivity index (χ0n) is 18.8. The van der Waals surface area contributed by atoms with E-state index in [0.29, 0.717) is 42.5 Å². The Morgan fingerprint density at radius 1 is 1.09 bits per heavy atom. The molecule has 13 heteroatoms. The van der Waals surface area contributed by atoms with Gasteiger partial charge in [-0.05, 0) is 25.1 Å². The summed E-state index contributed by atoms with van der Waals surface area (Å²) in [6, 6.07) is 8.83. The van der Waals surface area contributed by atoms with Crippen LogP contribution in [-0.2, 0) is 16.2 Å². The predicted molar refractivity (Wildman–Crippen MR) is 118 cm³/mol. The van der Waals surface area contributed by atoms with Crippen molar-refractivity contribution in [3.05, 3.63) is 53.3 Å². The van der Waals surface area contributed by atoms with Crippen LogP contribution in [0.2, 0.25) is 0 Å². The highest BCUT2D eigenvalue weighted by molar-refractivity contribution is 6.01. The summed E-state index contributed by atoms with van der Waals surface area (Å²) in [5.74, 6) is 0.304. The SMILES string of the molecule is Cc1nnn(-c2ccc(C(F)F)cc2)c1COc1ccc(N2CCN3CC(=O)NC(=O)[C@@H]3C2)nn1. The van der Waals surface area contributed by atoms with Gasteiger partial charge in [-0.1, -0.05) is 17.3 Å². The van der Waals surface area contributed by atoms with E-state index in [1.54, 1.807) is 31.2 Å². The number of piperazine rings is 2. The first-order valence-corrected chi connectivity index (χ1v) is 11.0. The van der Waals surface area contributed by atoms with Gasteiger partial charge in [0, 0.05) is 31.3 Å². The van der Waals surface area contributed by atoms with Crippen LogP contribution in [0.3, 0.4) is 0 Å². The van der Waals surface area contributed by atoms with Crippen molar-refractivity contribution in [2.75, 3.05) is 31.1 Å². The molecule has 182 valence electrons. The molecule has 1 N–H and O–H groups in total. The molecule has 2 saturated heterocycles. The van der Waals surface area contributed by atoms with E-state index in [0.717, 1.165) is 0 Å². The van der Waals surface area contributed by atoms with Crippen molar-refractivity contribution < 1.29 is 23.1 Å². The summed E-state index contributed by atoms with van der Waals surface area (Å²) >= 11 is 0. The van der Waals surface area contributed by atoms with Crippen LogP contribution in [0.15, 0.2) is 36.4 Å². The van der Waals surface area contributed by atoms with Crippen LogP contribution in [0.25, 0.3) is 5.69 Å². The number of halogens is 2. The molecule has 0 unspecified atom stereocenters. The maximum Gasteiger partial charge on any atom is 0.263 e. The van der Waals surface area contributed by atoms with E-state index in [1.165, 1.54) is 16.8 Å². The van der Waals surface area contributed by atoms with E-state index in [2.05, 4.69) is 25.8 Å². The number of alkyl halides is 2. The molecule has 2 fully saturated rings. The number of fused-ring (bicyclic) bond motifs is 1. The lowest BCUT2D eigenvalue weighted by Gasteiger charge is -2.42. The van der Waals surface area contributed by atoms with Crippen molar-refractivity contribution in [2.45, 2.75) is 26.0 Å². The van der Waals surface area contributed by atoms with E-state index in [9.17, 15) is 18.4 Å². The van der Waals surface area contributed by atoms with Crippen molar-refractivity contribution in [2.24, 2.45) is 0 Å². The third-order valence-electron chi connectivity index (χ3n) is 6.06. The standard InChI is InChI=1S/C22H22F2N8O3/c1-13-17(32(29-26-13)15-4-2-14(3-5-15)21(23)24)12-35-20-7-6-18(27-28-20)31-9-8-30-11-19(33)25-22(34)16(30)10-31/h2-7,16,21H,8-12H2,1H3,(H,25,33,34)/t16-/m0/s1. The molecule has 35 heavy (non-hydrogen) atoms. The van der Waals surface area contributed by atoms with Crippen molar-refractivity contribution in [1.29, 1.82) is 0 Å². The van der Waals surface area contributed by atoms with Crippen LogP contribution in [-0.4, -0.2) is 74.1 Å². The van der Waals surface area contributed by atoms with E-state index in [-0.39, 0.29) is 36.4 Å². The van der Waals surface area contributed by atoms with Crippen molar-refractivity contribution in [3.63, 3.8) is 0 Å². The lowest BCUT2D eigenvalue weighted by atomic mass is 10.1. The predicted octanol–water partition coefficient (Wildman–Crippen LogP) is 1.03. The summed E-state index contributed by atoms with van der Waals surface area (Å²) in [5.41, 5.74) is 1.80. The Labute approximate surface area is 198 Å². The largest absolute Gasteiger partial charge is 0.470 e. The van der Waals surface area contributed by atoms with Crippen molar-refractivity contribution in [1.82, 2.24) is 35.4 Å². The van der Waals surface area contributed by atoms with Gasteiger partial charge in [0.05, 0.1) is 17.9 Å². The number of aryl methyl sites for hydroxylation is 1. The molecule has 2 aliphatic rings. The third-order valence-corrected chi connectivity index (χ3v) is 6.06. The number of nitrogens with zero attached hydrogens (tertiary/aromatic N) is 7. The fraction of sp³-hybridized carbons (Fsp3) is 0.364. The van der Waals surface area contributed by atoms with Crippen LogP contribution in [0.4, 0.5) is 14.6 Å². The molecule has 3 aromatic rings. The minimum Gasteiger partial charge on any atom is -0.470 e. The number of amides is 2. The number of nitrogens with one attached hydrogen (secondary N) is 1. The maximum atomic E-state index is 12.8. The van der Waals surface area contributed by atoms with E-state index in [1.807, 2.05) is 9.80 Å². The fourth-order valence-corrected chi connectivity index (χ4v) is 4.12. The first-order chi connectivity index (χ1) is 16.9.